The molecule has 128 valence electrons. The highest BCUT2D eigenvalue weighted by Crippen LogP contribution is 2.36. The molecule has 0 spiro atoms. The number of rotatable bonds is 6. The van der Waals surface area contributed by atoms with Gasteiger partial charge in [0.2, 0.25) is 0 Å². The van der Waals surface area contributed by atoms with Gasteiger partial charge in [0.25, 0.3) is 0 Å². The molecule has 0 aliphatic heterocycles. The molecular weight excluding hydrogens is 298 g/mol. The molecule has 0 rings (SSSR count). The van der Waals surface area contributed by atoms with Gasteiger partial charge in [-0.05, 0) is 27.7 Å². The lowest BCUT2D eigenvalue weighted by Crippen LogP contribution is -2.52. The van der Waals surface area contributed by atoms with E-state index in [2.05, 4.69) is 32.3 Å². The van der Waals surface area contributed by atoms with E-state index in [0.29, 0.717) is 5.54 Å². The fourth-order valence-corrected chi connectivity index (χ4v) is 4.66. The predicted octanol–water partition coefficient (Wildman–Crippen LogP) is 4.03. The van der Waals surface area contributed by atoms with Crippen molar-refractivity contribution in [3.63, 3.8) is 0 Å². The van der Waals surface area contributed by atoms with Crippen LogP contribution in [0.25, 0.3) is 0 Å². The van der Waals surface area contributed by atoms with Crippen LogP contribution >= 0.6 is 0 Å². The van der Waals surface area contributed by atoms with Gasteiger partial charge in [-0.15, -0.1) is 0 Å². The van der Waals surface area contributed by atoms with E-state index in [4.69, 9.17) is 4.74 Å². The summed E-state index contributed by atoms with van der Waals surface area (Å²) in [6.07, 6.45) is 3.07. The van der Waals surface area contributed by atoms with Gasteiger partial charge < -0.3 is 15.2 Å². The van der Waals surface area contributed by atoms with Gasteiger partial charge >= 0.3 is 12.1 Å². The first-order valence-electron chi connectivity index (χ1n) is 7.68. The van der Waals surface area contributed by atoms with Crippen LogP contribution in [0.1, 0.15) is 41.5 Å². The summed E-state index contributed by atoms with van der Waals surface area (Å²) < 4.78 is 5.20. The predicted molar refractivity (Wildman–Crippen MR) is 91.9 cm³/mol. The molecule has 0 saturated carbocycles. The van der Waals surface area contributed by atoms with Crippen LogP contribution in [0.2, 0.25) is 24.2 Å². The minimum atomic E-state index is -1.92. The SMILES string of the molecule is C/C=C/[C@H]([C@H](NC(=O)OC(C)(C)C)C(=O)O)[Si](C)(C)C(C)C. The van der Waals surface area contributed by atoms with Crippen LogP contribution in [0.4, 0.5) is 4.79 Å². The maximum absolute atomic E-state index is 12.0. The van der Waals surface area contributed by atoms with E-state index >= 15 is 0 Å². The zero-order valence-electron chi connectivity index (χ0n) is 15.1. The second-order valence-corrected chi connectivity index (χ2v) is 13.0. The highest BCUT2D eigenvalue weighted by molar-refractivity contribution is 6.80. The van der Waals surface area contributed by atoms with E-state index in [0.717, 1.165) is 0 Å². The number of carbonyl (C=O) groups excluding carboxylic acids is 1. The molecule has 5 nitrogen and oxygen atoms in total. The van der Waals surface area contributed by atoms with Crippen LogP contribution in [-0.2, 0) is 9.53 Å². The Morgan fingerprint density at radius 2 is 1.73 bits per heavy atom. The van der Waals surface area contributed by atoms with Crippen molar-refractivity contribution in [3.05, 3.63) is 12.2 Å². The molecule has 0 unspecified atom stereocenters. The highest BCUT2D eigenvalue weighted by atomic mass is 28.3. The number of hydrogen-bond acceptors (Lipinski definition) is 3. The average molecular weight is 330 g/mol. The molecule has 0 aromatic rings. The lowest BCUT2D eigenvalue weighted by atomic mass is 10.2. The van der Waals surface area contributed by atoms with E-state index < -0.39 is 31.8 Å². The van der Waals surface area contributed by atoms with E-state index in [1.807, 2.05) is 19.1 Å². The van der Waals surface area contributed by atoms with Gasteiger partial charge in [0.15, 0.2) is 0 Å². The van der Waals surface area contributed by atoms with E-state index in [-0.39, 0.29) is 5.54 Å². The van der Waals surface area contributed by atoms with Gasteiger partial charge in [-0.2, -0.15) is 0 Å². The Labute approximate surface area is 135 Å². The molecule has 0 radical (unpaired) electrons. The lowest BCUT2D eigenvalue weighted by Gasteiger charge is -2.38. The summed E-state index contributed by atoms with van der Waals surface area (Å²) >= 11 is 0. The molecule has 0 aliphatic carbocycles. The summed E-state index contributed by atoms with van der Waals surface area (Å²) in [5.41, 5.74) is -0.479. The average Bonchev–Trinajstić information content (AvgIpc) is 2.30. The normalized spacial score (nSPS) is 15.7. The van der Waals surface area contributed by atoms with Gasteiger partial charge in [0, 0.05) is 5.54 Å². The number of alkyl carbamates (subject to hydrolysis) is 1. The molecule has 0 aromatic heterocycles. The van der Waals surface area contributed by atoms with Crippen LogP contribution in [0, 0.1) is 0 Å². The zero-order chi connectivity index (χ0) is 17.7. The molecule has 1 amide bonds. The Balaban J connectivity index is 5.43. The standard InChI is InChI=1S/C16H31NO4Si/c1-9-10-12(22(7,8)11(2)3)13(14(18)19)17-15(20)21-16(4,5)6/h9-13H,1-8H3,(H,17,20)(H,18,19)/b10-9+/t12-,13+/m1/s1. The monoisotopic (exact) mass is 329 g/mol. The first-order chi connectivity index (χ1) is 9.82. The maximum Gasteiger partial charge on any atom is 0.408 e. The second-order valence-electron chi connectivity index (χ2n) is 7.49. The van der Waals surface area contributed by atoms with E-state index in [9.17, 15) is 14.7 Å². The smallest absolute Gasteiger partial charge is 0.408 e. The van der Waals surface area contributed by atoms with Crippen LogP contribution in [0.5, 0.6) is 0 Å². The van der Waals surface area contributed by atoms with Crippen LogP contribution in [0.3, 0.4) is 0 Å². The van der Waals surface area contributed by atoms with Crippen LogP contribution in [0.15, 0.2) is 12.2 Å². The molecule has 0 aromatic carbocycles. The summed E-state index contributed by atoms with van der Waals surface area (Å²) in [5.74, 6) is -1.03. The van der Waals surface area contributed by atoms with E-state index in [1.54, 1.807) is 20.8 Å². The number of carboxylic acid groups (broad SMARTS) is 1. The number of nitrogens with one attached hydrogen (secondary N) is 1. The first-order valence-corrected chi connectivity index (χ1v) is 10.8. The summed E-state index contributed by atoms with van der Waals surface area (Å²) in [4.78, 5) is 23.7. The molecule has 0 heterocycles. The third-order valence-corrected chi connectivity index (χ3v) is 9.26. The van der Waals surface area contributed by atoms with Crippen LogP contribution < -0.4 is 5.32 Å². The van der Waals surface area contributed by atoms with Crippen molar-refractivity contribution in [3.8, 4) is 0 Å². The maximum atomic E-state index is 12.0. The van der Waals surface area contributed by atoms with Gasteiger partial charge in [-0.3, -0.25) is 0 Å². The Hall–Kier alpha value is -1.30. The number of carboxylic acids is 1. The minimum Gasteiger partial charge on any atom is -0.480 e. The van der Waals surface area contributed by atoms with Crippen molar-refractivity contribution in [2.45, 2.75) is 77.4 Å². The third-order valence-electron chi connectivity index (χ3n) is 4.04. The zero-order valence-corrected chi connectivity index (χ0v) is 16.1. The van der Waals surface area contributed by atoms with Crippen molar-refractivity contribution in [2.75, 3.05) is 0 Å². The summed E-state index contributed by atoms with van der Waals surface area (Å²) in [6, 6.07) is -0.977. The Morgan fingerprint density at radius 1 is 1.23 bits per heavy atom. The number of carbonyl (C=O) groups is 2. The van der Waals surface area contributed by atoms with Gasteiger partial charge in [-0.25, -0.2) is 9.59 Å². The van der Waals surface area contributed by atoms with Crippen molar-refractivity contribution < 1.29 is 19.4 Å². The van der Waals surface area contributed by atoms with Crippen molar-refractivity contribution in [2.24, 2.45) is 0 Å². The van der Waals surface area contributed by atoms with Crippen molar-refractivity contribution in [1.29, 1.82) is 0 Å². The van der Waals surface area contributed by atoms with Crippen molar-refractivity contribution >= 4 is 20.1 Å². The second kappa shape index (κ2) is 7.81. The molecule has 2 atom stereocenters. The Kier molecular flexibility index (Phi) is 7.35. The lowest BCUT2D eigenvalue weighted by molar-refractivity contribution is -0.139. The molecule has 0 aliphatic rings. The third kappa shape index (κ3) is 6.21. The Morgan fingerprint density at radius 3 is 2.05 bits per heavy atom. The van der Waals surface area contributed by atoms with E-state index in [1.165, 1.54) is 0 Å². The number of aliphatic carboxylic acids is 1. The molecular formula is C16H31NO4Si. The fourth-order valence-electron chi connectivity index (χ4n) is 2.12. The molecule has 2 N–H and O–H groups in total. The molecule has 0 saturated heterocycles. The van der Waals surface area contributed by atoms with Crippen LogP contribution in [-0.4, -0.2) is 36.9 Å². The molecule has 22 heavy (non-hydrogen) atoms. The van der Waals surface area contributed by atoms with Gasteiger partial charge in [0.1, 0.15) is 11.6 Å². The van der Waals surface area contributed by atoms with Gasteiger partial charge in [0.05, 0.1) is 8.07 Å². The highest BCUT2D eigenvalue weighted by Gasteiger charge is 2.42. The molecule has 0 fully saturated rings. The van der Waals surface area contributed by atoms with Gasteiger partial charge in [-0.1, -0.05) is 44.6 Å². The molecule has 6 heteroatoms. The topological polar surface area (TPSA) is 75.6 Å². The number of hydrogen-bond donors (Lipinski definition) is 2. The quantitative estimate of drug-likeness (QED) is 0.570. The Bertz CT molecular complexity index is 424. The number of allylic oxidation sites excluding steroid dienone is 1. The fraction of sp³-hybridized carbons (Fsp3) is 0.750. The summed E-state index contributed by atoms with van der Waals surface area (Å²) in [6.45, 7) is 15.6. The number of amides is 1. The summed E-state index contributed by atoms with van der Waals surface area (Å²) in [5, 5.41) is 12.1. The first kappa shape index (κ1) is 20.7. The minimum absolute atomic E-state index is 0.206. The summed E-state index contributed by atoms with van der Waals surface area (Å²) in [7, 11) is -1.92. The molecule has 0 bridgehead atoms. The largest absolute Gasteiger partial charge is 0.480 e. The number of ether oxygens (including phenoxy) is 1. The van der Waals surface area contributed by atoms with Crippen molar-refractivity contribution in [1.82, 2.24) is 5.32 Å².